The molecular formula is C13H21NO2. The van der Waals surface area contributed by atoms with Crippen LogP contribution in [0.5, 0.6) is 5.75 Å². The molecular weight excluding hydrogens is 202 g/mol. The lowest BCUT2D eigenvalue weighted by molar-refractivity contribution is 0.274. The minimum Gasteiger partial charge on any atom is -0.491 e. The van der Waals surface area contributed by atoms with Crippen LogP contribution in [0, 0.1) is 6.92 Å². The monoisotopic (exact) mass is 223 g/mol. The van der Waals surface area contributed by atoms with Crippen LogP contribution in [0.4, 0.5) is 5.69 Å². The van der Waals surface area contributed by atoms with E-state index >= 15 is 0 Å². The molecule has 0 aliphatic heterocycles. The third-order valence-corrected chi connectivity index (χ3v) is 2.48. The Kier molecular flexibility index (Phi) is 5.72. The topological polar surface area (TPSA) is 55.5 Å². The Morgan fingerprint density at radius 3 is 2.62 bits per heavy atom. The molecule has 0 heterocycles. The van der Waals surface area contributed by atoms with E-state index in [9.17, 15) is 0 Å². The van der Waals surface area contributed by atoms with E-state index in [4.69, 9.17) is 15.6 Å². The maximum absolute atomic E-state index is 8.62. The zero-order chi connectivity index (χ0) is 11.8. The van der Waals surface area contributed by atoms with E-state index in [1.54, 1.807) is 0 Å². The van der Waals surface area contributed by atoms with Crippen LogP contribution in [-0.4, -0.2) is 18.3 Å². The van der Waals surface area contributed by atoms with Crippen LogP contribution < -0.4 is 10.5 Å². The van der Waals surface area contributed by atoms with Crippen molar-refractivity contribution in [2.45, 2.75) is 32.6 Å². The Labute approximate surface area is 97.2 Å². The molecule has 16 heavy (non-hydrogen) atoms. The Hall–Kier alpha value is -1.22. The number of aliphatic hydroxyl groups excluding tert-OH is 1. The van der Waals surface area contributed by atoms with Crippen molar-refractivity contribution in [1.29, 1.82) is 0 Å². The smallest absolute Gasteiger partial charge is 0.142 e. The molecule has 3 nitrogen and oxygen atoms in total. The van der Waals surface area contributed by atoms with Crippen LogP contribution >= 0.6 is 0 Å². The average molecular weight is 223 g/mol. The number of hydrogen-bond acceptors (Lipinski definition) is 3. The summed E-state index contributed by atoms with van der Waals surface area (Å²) in [4.78, 5) is 0. The summed E-state index contributed by atoms with van der Waals surface area (Å²) in [6.07, 6.45) is 4.04. The Bertz CT molecular complexity index is 313. The molecule has 0 saturated carbocycles. The Morgan fingerprint density at radius 1 is 1.19 bits per heavy atom. The second-order valence-electron chi connectivity index (χ2n) is 4.03. The third kappa shape index (κ3) is 4.53. The van der Waals surface area contributed by atoms with Gasteiger partial charge in [-0.3, -0.25) is 0 Å². The summed E-state index contributed by atoms with van der Waals surface area (Å²) in [5.74, 6) is 0.771. The van der Waals surface area contributed by atoms with Crippen LogP contribution in [0.15, 0.2) is 18.2 Å². The number of ether oxygens (including phenoxy) is 1. The number of hydrogen-bond donors (Lipinski definition) is 2. The SMILES string of the molecule is Cc1ccc(OCCCCCCO)c(N)c1. The Morgan fingerprint density at radius 2 is 1.94 bits per heavy atom. The fraction of sp³-hybridized carbons (Fsp3) is 0.538. The van der Waals surface area contributed by atoms with Crippen molar-refractivity contribution in [2.75, 3.05) is 18.9 Å². The highest BCUT2D eigenvalue weighted by Gasteiger charge is 1.99. The number of nitrogen functional groups attached to an aromatic ring is 1. The zero-order valence-corrected chi connectivity index (χ0v) is 9.91. The van der Waals surface area contributed by atoms with Gasteiger partial charge in [-0.2, -0.15) is 0 Å². The summed E-state index contributed by atoms with van der Waals surface area (Å²) >= 11 is 0. The van der Waals surface area contributed by atoms with E-state index < -0.39 is 0 Å². The van der Waals surface area contributed by atoms with Crippen molar-refractivity contribution < 1.29 is 9.84 Å². The van der Waals surface area contributed by atoms with Gasteiger partial charge in [0.15, 0.2) is 0 Å². The maximum atomic E-state index is 8.62. The van der Waals surface area contributed by atoms with Crippen LogP contribution in [-0.2, 0) is 0 Å². The third-order valence-electron chi connectivity index (χ3n) is 2.48. The predicted molar refractivity (Wildman–Crippen MR) is 66.6 cm³/mol. The molecule has 0 unspecified atom stereocenters. The fourth-order valence-corrected chi connectivity index (χ4v) is 1.55. The van der Waals surface area contributed by atoms with Crippen molar-refractivity contribution >= 4 is 5.69 Å². The summed E-state index contributed by atoms with van der Waals surface area (Å²) in [7, 11) is 0. The molecule has 3 heteroatoms. The van der Waals surface area contributed by atoms with Gasteiger partial charge in [-0.25, -0.2) is 0 Å². The molecule has 0 aliphatic carbocycles. The van der Waals surface area contributed by atoms with Gasteiger partial charge in [0.2, 0.25) is 0 Å². The molecule has 0 spiro atoms. The molecule has 90 valence electrons. The van der Waals surface area contributed by atoms with Gasteiger partial charge in [-0.15, -0.1) is 0 Å². The molecule has 1 aromatic carbocycles. The number of aliphatic hydroxyl groups is 1. The van der Waals surface area contributed by atoms with Crippen LogP contribution in [0.25, 0.3) is 0 Å². The van der Waals surface area contributed by atoms with Crippen LogP contribution in [0.1, 0.15) is 31.2 Å². The summed E-state index contributed by atoms with van der Waals surface area (Å²) in [5.41, 5.74) is 7.68. The normalized spacial score (nSPS) is 10.4. The van der Waals surface area contributed by atoms with Gasteiger partial charge in [0.05, 0.1) is 12.3 Å². The van der Waals surface area contributed by atoms with Gasteiger partial charge < -0.3 is 15.6 Å². The second kappa shape index (κ2) is 7.12. The Balaban J connectivity index is 2.21. The first-order valence-electron chi connectivity index (χ1n) is 5.84. The number of aryl methyl sites for hydroxylation is 1. The molecule has 0 aliphatic rings. The molecule has 0 atom stereocenters. The van der Waals surface area contributed by atoms with Gasteiger partial charge in [-0.05, 0) is 43.9 Å². The number of anilines is 1. The van der Waals surface area contributed by atoms with E-state index in [1.165, 1.54) is 0 Å². The first-order valence-corrected chi connectivity index (χ1v) is 5.84. The number of nitrogens with two attached hydrogens (primary N) is 1. The van der Waals surface area contributed by atoms with E-state index in [-0.39, 0.29) is 6.61 Å². The van der Waals surface area contributed by atoms with Gasteiger partial charge in [0.1, 0.15) is 5.75 Å². The lowest BCUT2D eigenvalue weighted by Gasteiger charge is -2.09. The largest absolute Gasteiger partial charge is 0.491 e. The van der Waals surface area contributed by atoms with Gasteiger partial charge >= 0.3 is 0 Å². The average Bonchev–Trinajstić information content (AvgIpc) is 2.26. The summed E-state index contributed by atoms with van der Waals surface area (Å²) in [5, 5.41) is 8.62. The molecule has 0 fully saturated rings. The van der Waals surface area contributed by atoms with Crippen LogP contribution in [0.2, 0.25) is 0 Å². The first kappa shape index (κ1) is 12.8. The first-order chi connectivity index (χ1) is 7.74. The highest BCUT2D eigenvalue weighted by Crippen LogP contribution is 2.22. The molecule has 0 bridgehead atoms. The van der Waals surface area contributed by atoms with E-state index in [1.807, 2.05) is 25.1 Å². The van der Waals surface area contributed by atoms with Crippen LogP contribution in [0.3, 0.4) is 0 Å². The van der Waals surface area contributed by atoms with E-state index in [0.29, 0.717) is 12.3 Å². The summed E-state index contributed by atoms with van der Waals surface area (Å²) < 4.78 is 5.58. The number of benzene rings is 1. The zero-order valence-electron chi connectivity index (χ0n) is 9.91. The summed E-state index contributed by atoms with van der Waals surface area (Å²) in [6.45, 7) is 2.99. The molecule has 0 aromatic heterocycles. The number of unbranched alkanes of at least 4 members (excludes halogenated alkanes) is 3. The van der Waals surface area contributed by atoms with Gasteiger partial charge in [0, 0.05) is 6.61 Å². The molecule has 1 rings (SSSR count). The molecule has 0 amide bonds. The maximum Gasteiger partial charge on any atom is 0.142 e. The quantitative estimate of drug-likeness (QED) is 0.551. The van der Waals surface area contributed by atoms with E-state index in [0.717, 1.165) is 37.0 Å². The number of rotatable bonds is 7. The molecule has 0 radical (unpaired) electrons. The second-order valence-corrected chi connectivity index (χ2v) is 4.03. The summed E-state index contributed by atoms with van der Waals surface area (Å²) in [6, 6.07) is 5.83. The molecule has 0 saturated heterocycles. The van der Waals surface area contributed by atoms with E-state index in [2.05, 4.69) is 0 Å². The predicted octanol–water partition coefficient (Wildman–Crippen LogP) is 2.51. The van der Waals surface area contributed by atoms with Crippen molar-refractivity contribution in [3.8, 4) is 5.75 Å². The molecule has 3 N–H and O–H groups in total. The van der Waals surface area contributed by atoms with Crippen molar-refractivity contribution in [2.24, 2.45) is 0 Å². The standard InChI is InChI=1S/C13H21NO2/c1-11-6-7-13(12(14)10-11)16-9-5-3-2-4-8-15/h6-7,10,15H,2-5,8-9,14H2,1H3. The van der Waals surface area contributed by atoms with Crippen molar-refractivity contribution in [3.05, 3.63) is 23.8 Å². The lowest BCUT2D eigenvalue weighted by atomic mass is 10.2. The molecule has 1 aromatic rings. The van der Waals surface area contributed by atoms with Crippen molar-refractivity contribution in [1.82, 2.24) is 0 Å². The lowest BCUT2D eigenvalue weighted by Crippen LogP contribution is -2.00. The minimum absolute atomic E-state index is 0.283. The highest BCUT2D eigenvalue weighted by molar-refractivity contribution is 5.53. The highest BCUT2D eigenvalue weighted by atomic mass is 16.5. The van der Waals surface area contributed by atoms with Gasteiger partial charge in [-0.1, -0.05) is 12.5 Å². The fourth-order valence-electron chi connectivity index (χ4n) is 1.55. The van der Waals surface area contributed by atoms with Crippen molar-refractivity contribution in [3.63, 3.8) is 0 Å². The van der Waals surface area contributed by atoms with Gasteiger partial charge in [0.25, 0.3) is 0 Å². The minimum atomic E-state index is 0.283.